The molecule has 1 aromatic heterocycles. The second-order valence-electron chi connectivity index (χ2n) is 7.65. The zero-order valence-electron chi connectivity index (χ0n) is 19.5. The quantitative estimate of drug-likeness (QED) is 0.150. The van der Waals surface area contributed by atoms with Crippen LogP contribution in [0.15, 0.2) is 101 Å². The van der Waals surface area contributed by atoms with E-state index in [9.17, 15) is 14.7 Å². The normalized spacial score (nSPS) is 11.3. The fourth-order valence-electron chi connectivity index (χ4n) is 3.54. The Morgan fingerprint density at radius 1 is 0.944 bits per heavy atom. The van der Waals surface area contributed by atoms with Crippen LogP contribution in [0, 0.1) is 0 Å². The van der Waals surface area contributed by atoms with Gasteiger partial charge in [0, 0.05) is 0 Å². The summed E-state index contributed by atoms with van der Waals surface area (Å²) in [6.07, 6.45) is 1.42. The first-order chi connectivity index (χ1) is 17.5. The first-order valence-electron chi connectivity index (χ1n) is 11.2. The molecule has 4 rings (SSSR count). The minimum absolute atomic E-state index is 0.277. The number of carbonyl (C=O) groups excluding carboxylic acids is 2. The molecule has 3 aromatic carbocycles. The van der Waals surface area contributed by atoms with E-state index in [-0.39, 0.29) is 5.75 Å². The average Bonchev–Trinajstić information content (AvgIpc) is 3.46. The molecule has 7 nitrogen and oxygen atoms in total. The molecule has 0 unspecified atom stereocenters. The number of hydrogen-bond donors (Lipinski definition) is 2. The lowest BCUT2D eigenvalue weighted by Gasteiger charge is -2.27. The number of esters is 1. The molecule has 0 saturated carbocycles. The van der Waals surface area contributed by atoms with Crippen LogP contribution in [0.3, 0.4) is 0 Å². The van der Waals surface area contributed by atoms with Crippen LogP contribution in [-0.2, 0) is 10.4 Å². The monoisotopic (exact) mass is 500 g/mol. The van der Waals surface area contributed by atoms with E-state index in [1.807, 2.05) is 19.1 Å². The summed E-state index contributed by atoms with van der Waals surface area (Å²) < 4.78 is 11.1. The molecule has 36 heavy (non-hydrogen) atoms. The second-order valence-corrected chi connectivity index (χ2v) is 8.60. The van der Waals surface area contributed by atoms with Crippen molar-refractivity contribution in [2.75, 3.05) is 6.61 Å². The van der Waals surface area contributed by atoms with Gasteiger partial charge in [0.1, 0.15) is 4.88 Å². The number of carbonyl (C=O) groups is 2. The highest BCUT2D eigenvalue weighted by molar-refractivity contribution is 7.12. The van der Waals surface area contributed by atoms with E-state index in [0.29, 0.717) is 33.9 Å². The molecule has 0 fully saturated rings. The molecule has 4 aromatic rings. The van der Waals surface area contributed by atoms with E-state index in [1.165, 1.54) is 17.6 Å². The van der Waals surface area contributed by atoms with Crippen LogP contribution >= 0.6 is 11.3 Å². The van der Waals surface area contributed by atoms with Crippen LogP contribution in [0.4, 0.5) is 0 Å². The number of rotatable bonds is 9. The van der Waals surface area contributed by atoms with Crippen molar-refractivity contribution in [3.05, 3.63) is 118 Å². The van der Waals surface area contributed by atoms with Crippen molar-refractivity contribution in [1.82, 2.24) is 5.43 Å². The van der Waals surface area contributed by atoms with Crippen molar-refractivity contribution < 1.29 is 24.2 Å². The molecule has 0 bridgehead atoms. The maximum absolute atomic E-state index is 13.2. The zero-order valence-corrected chi connectivity index (χ0v) is 20.3. The molecule has 0 radical (unpaired) electrons. The van der Waals surface area contributed by atoms with E-state index in [2.05, 4.69) is 10.5 Å². The molecule has 0 aliphatic carbocycles. The summed E-state index contributed by atoms with van der Waals surface area (Å²) in [5.74, 6) is -0.537. The average molecular weight is 501 g/mol. The van der Waals surface area contributed by atoms with Gasteiger partial charge >= 0.3 is 5.97 Å². The largest absolute Gasteiger partial charge is 0.490 e. The van der Waals surface area contributed by atoms with Gasteiger partial charge < -0.3 is 14.6 Å². The van der Waals surface area contributed by atoms with Gasteiger partial charge in [-0.25, -0.2) is 10.2 Å². The fourth-order valence-corrected chi connectivity index (χ4v) is 4.14. The molecule has 182 valence electrons. The molecule has 0 atom stereocenters. The maximum atomic E-state index is 13.2. The molecule has 1 heterocycles. The second kappa shape index (κ2) is 11.4. The molecule has 0 spiro atoms. The first kappa shape index (κ1) is 24.8. The molecule has 1 amide bonds. The standard InChI is InChI=1S/C28H24N2O5S/c1-2-34-24-18-20(15-16-23(24)35-26(31)25-14-9-17-36-25)19-29-30-27(32)28(33,21-10-5-3-6-11-21)22-12-7-4-8-13-22/h3-19,33H,2H2,1H3,(H,30,32)/b29-19+. The van der Waals surface area contributed by atoms with Crippen LogP contribution in [0.5, 0.6) is 11.5 Å². The van der Waals surface area contributed by atoms with Gasteiger partial charge in [-0.05, 0) is 53.3 Å². The number of nitrogens with one attached hydrogen (secondary N) is 1. The summed E-state index contributed by atoms with van der Waals surface area (Å²) in [6.45, 7) is 2.18. The Bertz CT molecular complexity index is 1300. The SMILES string of the molecule is CCOc1cc(/C=N/NC(=O)C(O)(c2ccccc2)c2ccccc2)ccc1OC(=O)c1cccs1. The number of ether oxygens (including phenoxy) is 2. The summed E-state index contributed by atoms with van der Waals surface area (Å²) >= 11 is 1.29. The molecule has 0 saturated heterocycles. The highest BCUT2D eigenvalue weighted by Gasteiger charge is 2.39. The van der Waals surface area contributed by atoms with Gasteiger partial charge in [-0.1, -0.05) is 66.7 Å². The fraction of sp³-hybridized carbons (Fsp3) is 0.107. The zero-order chi connectivity index (χ0) is 25.4. The highest BCUT2D eigenvalue weighted by Crippen LogP contribution is 2.31. The summed E-state index contributed by atoms with van der Waals surface area (Å²) in [4.78, 5) is 26.0. The van der Waals surface area contributed by atoms with Crippen LogP contribution in [0.25, 0.3) is 0 Å². The van der Waals surface area contributed by atoms with Crippen molar-refractivity contribution >= 4 is 29.4 Å². The molecule has 8 heteroatoms. The van der Waals surface area contributed by atoms with Crippen molar-refractivity contribution in [3.63, 3.8) is 0 Å². The van der Waals surface area contributed by atoms with E-state index in [1.54, 1.807) is 84.2 Å². The number of nitrogens with zero attached hydrogens (tertiary/aromatic N) is 1. The summed E-state index contributed by atoms with van der Waals surface area (Å²) in [7, 11) is 0. The minimum Gasteiger partial charge on any atom is -0.490 e. The number of thiophene rings is 1. The van der Waals surface area contributed by atoms with E-state index >= 15 is 0 Å². The molecule has 0 aliphatic heterocycles. The number of hydrogen-bond acceptors (Lipinski definition) is 7. The van der Waals surface area contributed by atoms with Crippen LogP contribution in [0.2, 0.25) is 0 Å². The van der Waals surface area contributed by atoms with Crippen LogP contribution < -0.4 is 14.9 Å². The van der Waals surface area contributed by atoms with Crippen LogP contribution in [0.1, 0.15) is 33.3 Å². The minimum atomic E-state index is -1.93. The lowest BCUT2D eigenvalue weighted by molar-refractivity contribution is -0.136. The van der Waals surface area contributed by atoms with Gasteiger partial charge in [-0.15, -0.1) is 11.3 Å². The van der Waals surface area contributed by atoms with Crippen molar-refractivity contribution in [2.24, 2.45) is 5.10 Å². The van der Waals surface area contributed by atoms with Gasteiger partial charge in [0.15, 0.2) is 17.1 Å². The number of aliphatic hydroxyl groups is 1. The van der Waals surface area contributed by atoms with Gasteiger partial charge in [-0.2, -0.15) is 5.10 Å². The van der Waals surface area contributed by atoms with Gasteiger partial charge in [0.05, 0.1) is 12.8 Å². The molecular formula is C28H24N2O5S. The molecule has 0 aliphatic rings. The third-order valence-corrected chi connectivity index (χ3v) is 6.13. The third kappa shape index (κ3) is 5.51. The Morgan fingerprint density at radius 3 is 2.19 bits per heavy atom. The Kier molecular flexibility index (Phi) is 7.89. The van der Waals surface area contributed by atoms with Crippen molar-refractivity contribution in [3.8, 4) is 11.5 Å². The molecule has 2 N–H and O–H groups in total. The van der Waals surface area contributed by atoms with E-state index in [0.717, 1.165) is 0 Å². The first-order valence-corrected chi connectivity index (χ1v) is 12.1. The van der Waals surface area contributed by atoms with E-state index < -0.39 is 17.5 Å². The van der Waals surface area contributed by atoms with Crippen molar-refractivity contribution in [2.45, 2.75) is 12.5 Å². The number of benzene rings is 3. The van der Waals surface area contributed by atoms with Gasteiger partial charge in [0.25, 0.3) is 5.91 Å². The topological polar surface area (TPSA) is 97.2 Å². The Balaban J connectivity index is 1.53. The number of hydrazone groups is 1. The van der Waals surface area contributed by atoms with E-state index in [4.69, 9.17) is 9.47 Å². The Labute approximate surface area is 212 Å². The predicted molar refractivity (Wildman–Crippen MR) is 139 cm³/mol. The maximum Gasteiger partial charge on any atom is 0.353 e. The lowest BCUT2D eigenvalue weighted by atomic mass is 9.85. The Hall–Kier alpha value is -4.27. The summed E-state index contributed by atoms with van der Waals surface area (Å²) in [5, 5.41) is 17.3. The van der Waals surface area contributed by atoms with Crippen LogP contribution in [-0.4, -0.2) is 29.8 Å². The van der Waals surface area contributed by atoms with Crippen molar-refractivity contribution in [1.29, 1.82) is 0 Å². The smallest absolute Gasteiger partial charge is 0.353 e. The van der Waals surface area contributed by atoms with Gasteiger partial charge in [-0.3, -0.25) is 4.79 Å². The number of amides is 1. The molecular weight excluding hydrogens is 476 g/mol. The lowest BCUT2D eigenvalue weighted by Crippen LogP contribution is -2.43. The highest BCUT2D eigenvalue weighted by atomic mass is 32.1. The Morgan fingerprint density at radius 2 is 1.61 bits per heavy atom. The summed E-state index contributed by atoms with van der Waals surface area (Å²) in [6, 6.07) is 25.7. The summed E-state index contributed by atoms with van der Waals surface area (Å²) in [5.41, 5.74) is 1.93. The predicted octanol–water partition coefficient (Wildman–Crippen LogP) is 4.75. The third-order valence-electron chi connectivity index (χ3n) is 5.28. The van der Waals surface area contributed by atoms with Gasteiger partial charge in [0.2, 0.25) is 0 Å².